The second-order valence-electron chi connectivity index (χ2n) is 7.29. The summed E-state index contributed by atoms with van der Waals surface area (Å²) >= 11 is 6.33. The summed E-state index contributed by atoms with van der Waals surface area (Å²) in [6, 6.07) is 5.11. The standard InChI is InChI=1S/C20H18ClF3N4/c1-12(2)9-27-10-13(7-26-27)16-5-14(21)6-17-15-3-4-25-8-18(15)28(19(16)17)11-20(22,23)24/h3-8,10,12H,9,11H2,1-2H3. The average molecular weight is 407 g/mol. The van der Waals surface area contributed by atoms with Crippen LogP contribution in [0.2, 0.25) is 5.02 Å². The normalized spacial score (nSPS) is 12.5. The summed E-state index contributed by atoms with van der Waals surface area (Å²) in [6.45, 7) is 3.77. The third kappa shape index (κ3) is 3.46. The Labute approximate surface area is 164 Å². The van der Waals surface area contributed by atoms with Crippen molar-refractivity contribution < 1.29 is 13.2 Å². The zero-order valence-electron chi connectivity index (χ0n) is 15.3. The van der Waals surface area contributed by atoms with E-state index in [0.29, 0.717) is 38.3 Å². The minimum atomic E-state index is -4.37. The van der Waals surface area contributed by atoms with Crippen molar-refractivity contribution in [3.63, 3.8) is 0 Å². The topological polar surface area (TPSA) is 35.6 Å². The minimum Gasteiger partial charge on any atom is -0.329 e. The molecule has 0 fully saturated rings. The lowest BCUT2D eigenvalue weighted by atomic mass is 10.0. The molecule has 0 atom stereocenters. The van der Waals surface area contributed by atoms with Crippen LogP contribution in [0.3, 0.4) is 0 Å². The first kappa shape index (κ1) is 18.8. The molecule has 0 saturated carbocycles. The molecule has 0 unspecified atom stereocenters. The Bertz CT molecular complexity index is 1160. The van der Waals surface area contributed by atoms with Gasteiger partial charge in [-0.05, 0) is 24.1 Å². The number of benzene rings is 1. The van der Waals surface area contributed by atoms with E-state index in [1.165, 1.54) is 10.8 Å². The first-order chi connectivity index (χ1) is 13.2. The van der Waals surface area contributed by atoms with Crippen molar-refractivity contribution in [1.82, 2.24) is 19.3 Å². The molecule has 0 radical (unpaired) electrons. The number of hydrogen-bond acceptors (Lipinski definition) is 2. The monoisotopic (exact) mass is 406 g/mol. The average Bonchev–Trinajstić information content (AvgIpc) is 3.17. The predicted octanol–water partition coefficient (Wildman–Crippen LogP) is 5.92. The maximum atomic E-state index is 13.4. The van der Waals surface area contributed by atoms with E-state index in [4.69, 9.17) is 11.6 Å². The third-order valence-corrected chi connectivity index (χ3v) is 4.78. The van der Waals surface area contributed by atoms with Gasteiger partial charge in [-0.2, -0.15) is 18.3 Å². The Kier molecular flexibility index (Phi) is 4.57. The molecule has 0 aliphatic heterocycles. The molecule has 0 amide bonds. The van der Waals surface area contributed by atoms with E-state index in [2.05, 4.69) is 23.9 Å². The summed E-state index contributed by atoms with van der Waals surface area (Å²) in [5.41, 5.74) is 2.26. The highest BCUT2D eigenvalue weighted by atomic mass is 35.5. The second-order valence-corrected chi connectivity index (χ2v) is 7.72. The Morgan fingerprint density at radius 3 is 2.64 bits per heavy atom. The van der Waals surface area contributed by atoms with E-state index < -0.39 is 12.7 Å². The van der Waals surface area contributed by atoms with Crippen molar-refractivity contribution >= 4 is 33.4 Å². The molecular weight excluding hydrogens is 389 g/mol. The molecule has 1 aromatic carbocycles. The van der Waals surface area contributed by atoms with Gasteiger partial charge in [-0.25, -0.2) is 0 Å². The smallest absolute Gasteiger partial charge is 0.329 e. The quantitative estimate of drug-likeness (QED) is 0.421. The first-order valence-electron chi connectivity index (χ1n) is 8.88. The number of pyridine rings is 1. The number of hydrogen-bond donors (Lipinski definition) is 0. The molecule has 8 heteroatoms. The van der Waals surface area contributed by atoms with Crippen LogP contribution in [0.4, 0.5) is 13.2 Å². The van der Waals surface area contributed by atoms with Gasteiger partial charge in [0.25, 0.3) is 0 Å². The lowest BCUT2D eigenvalue weighted by molar-refractivity contribution is -0.139. The van der Waals surface area contributed by atoms with Crippen LogP contribution in [-0.4, -0.2) is 25.5 Å². The lowest BCUT2D eigenvalue weighted by Crippen LogP contribution is -2.17. The number of halogens is 4. The van der Waals surface area contributed by atoms with Gasteiger partial charge < -0.3 is 4.57 Å². The van der Waals surface area contributed by atoms with E-state index in [1.54, 1.807) is 35.3 Å². The summed E-state index contributed by atoms with van der Waals surface area (Å²) in [7, 11) is 0. The number of rotatable bonds is 4. The van der Waals surface area contributed by atoms with Crippen LogP contribution in [0.5, 0.6) is 0 Å². The van der Waals surface area contributed by atoms with Gasteiger partial charge in [0.1, 0.15) is 6.54 Å². The molecule has 0 aliphatic rings. The van der Waals surface area contributed by atoms with Crippen LogP contribution in [0.25, 0.3) is 32.9 Å². The van der Waals surface area contributed by atoms with Crippen molar-refractivity contribution in [3.05, 3.63) is 48.0 Å². The van der Waals surface area contributed by atoms with Gasteiger partial charge in [-0.15, -0.1) is 0 Å². The zero-order valence-corrected chi connectivity index (χ0v) is 16.1. The van der Waals surface area contributed by atoms with E-state index in [1.807, 2.05) is 6.20 Å². The van der Waals surface area contributed by atoms with E-state index in [0.717, 1.165) is 12.1 Å². The first-order valence-corrected chi connectivity index (χ1v) is 9.26. The number of nitrogens with zero attached hydrogens (tertiary/aromatic N) is 4. The fourth-order valence-corrected chi connectivity index (χ4v) is 3.80. The summed E-state index contributed by atoms with van der Waals surface area (Å²) in [4.78, 5) is 4.02. The fourth-order valence-electron chi connectivity index (χ4n) is 3.58. The maximum absolute atomic E-state index is 13.4. The third-order valence-electron chi connectivity index (χ3n) is 4.56. The number of alkyl halides is 3. The molecule has 0 bridgehead atoms. The van der Waals surface area contributed by atoms with Crippen molar-refractivity contribution in [1.29, 1.82) is 0 Å². The zero-order chi connectivity index (χ0) is 20.1. The molecule has 3 heterocycles. The summed E-state index contributed by atoms with van der Waals surface area (Å²) < 4.78 is 43.1. The van der Waals surface area contributed by atoms with Gasteiger partial charge in [-0.3, -0.25) is 9.67 Å². The Balaban J connectivity index is 2.02. The van der Waals surface area contributed by atoms with Gasteiger partial charge in [0.15, 0.2) is 0 Å². The fraction of sp³-hybridized carbons (Fsp3) is 0.300. The van der Waals surface area contributed by atoms with Gasteiger partial charge in [-0.1, -0.05) is 25.4 Å². The van der Waals surface area contributed by atoms with Crippen molar-refractivity contribution in [3.8, 4) is 11.1 Å². The van der Waals surface area contributed by atoms with E-state index >= 15 is 0 Å². The highest BCUT2D eigenvalue weighted by Crippen LogP contribution is 2.39. The SMILES string of the molecule is CC(C)Cn1cc(-c2cc(Cl)cc3c4ccncc4n(CC(F)(F)F)c23)cn1. The van der Waals surface area contributed by atoms with Gasteiger partial charge in [0.2, 0.25) is 0 Å². The second kappa shape index (κ2) is 6.81. The molecular formula is C20H18ClF3N4. The number of fused-ring (bicyclic) bond motifs is 3. The summed E-state index contributed by atoms with van der Waals surface area (Å²) in [5.74, 6) is 0.398. The highest BCUT2D eigenvalue weighted by Gasteiger charge is 2.30. The Hall–Kier alpha value is -2.54. The molecule has 4 aromatic rings. The Morgan fingerprint density at radius 1 is 1.14 bits per heavy atom. The Morgan fingerprint density at radius 2 is 1.93 bits per heavy atom. The molecule has 146 valence electrons. The van der Waals surface area contributed by atoms with Crippen molar-refractivity contribution in [2.45, 2.75) is 33.1 Å². The van der Waals surface area contributed by atoms with Crippen LogP contribution < -0.4 is 0 Å². The molecule has 0 spiro atoms. The van der Waals surface area contributed by atoms with Gasteiger partial charge >= 0.3 is 6.18 Å². The van der Waals surface area contributed by atoms with Crippen LogP contribution in [0, 0.1) is 5.92 Å². The molecule has 28 heavy (non-hydrogen) atoms. The van der Waals surface area contributed by atoms with Gasteiger partial charge in [0.05, 0.1) is 23.4 Å². The van der Waals surface area contributed by atoms with Crippen LogP contribution >= 0.6 is 11.6 Å². The van der Waals surface area contributed by atoms with Crippen LogP contribution in [-0.2, 0) is 13.1 Å². The highest BCUT2D eigenvalue weighted by molar-refractivity contribution is 6.32. The van der Waals surface area contributed by atoms with E-state index in [-0.39, 0.29) is 0 Å². The van der Waals surface area contributed by atoms with Gasteiger partial charge in [0, 0.05) is 45.9 Å². The molecule has 3 aromatic heterocycles. The van der Waals surface area contributed by atoms with Crippen molar-refractivity contribution in [2.75, 3.05) is 0 Å². The maximum Gasteiger partial charge on any atom is 0.406 e. The minimum absolute atomic E-state index is 0.398. The molecule has 4 nitrogen and oxygen atoms in total. The number of aromatic nitrogens is 4. The van der Waals surface area contributed by atoms with Crippen LogP contribution in [0.1, 0.15) is 13.8 Å². The predicted molar refractivity (Wildman–Crippen MR) is 104 cm³/mol. The summed E-state index contributed by atoms with van der Waals surface area (Å²) in [5, 5.41) is 6.17. The molecule has 4 rings (SSSR count). The lowest BCUT2D eigenvalue weighted by Gasteiger charge is -2.13. The molecule has 0 N–H and O–H groups in total. The molecule has 0 aliphatic carbocycles. The van der Waals surface area contributed by atoms with E-state index in [9.17, 15) is 13.2 Å². The molecule has 0 saturated heterocycles. The summed E-state index contributed by atoms with van der Waals surface area (Å²) in [6.07, 6.45) is 2.18. The van der Waals surface area contributed by atoms with Crippen LogP contribution in [0.15, 0.2) is 43.0 Å². The largest absolute Gasteiger partial charge is 0.406 e. The van der Waals surface area contributed by atoms with Crippen molar-refractivity contribution in [2.24, 2.45) is 5.92 Å².